The summed E-state index contributed by atoms with van der Waals surface area (Å²) in [5.41, 5.74) is 0. The standard InChI is InChI=1S/C5H12O2S/c1-2-4(6)5(7)3-8/h4-8H,2-3H2,1H3/t4-,5?/m0/s1. The number of aliphatic hydroxyl groups is 2. The maximum absolute atomic E-state index is 8.83. The molecule has 0 amide bonds. The molecule has 50 valence electrons. The maximum Gasteiger partial charge on any atom is 0.0886 e. The molecule has 0 fully saturated rings. The lowest BCUT2D eigenvalue weighted by molar-refractivity contribution is 0.0325. The van der Waals surface area contributed by atoms with Crippen LogP contribution in [0.1, 0.15) is 13.3 Å². The van der Waals surface area contributed by atoms with E-state index in [0.717, 1.165) is 0 Å². The highest BCUT2D eigenvalue weighted by Crippen LogP contribution is 1.98. The van der Waals surface area contributed by atoms with E-state index in [9.17, 15) is 0 Å². The lowest BCUT2D eigenvalue weighted by Crippen LogP contribution is -2.26. The van der Waals surface area contributed by atoms with Gasteiger partial charge in [0.05, 0.1) is 12.2 Å². The normalized spacial score (nSPS) is 18.0. The number of hydrogen-bond donors (Lipinski definition) is 3. The van der Waals surface area contributed by atoms with Crippen LogP contribution in [0.15, 0.2) is 0 Å². The summed E-state index contributed by atoms with van der Waals surface area (Å²) in [6.07, 6.45) is -0.683. The van der Waals surface area contributed by atoms with E-state index in [2.05, 4.69) is 12.6 Å². The van der Waals surface area contributed by atoms with Crippen LogP contribution in [0.25, 0.3) is 0 Å². The van der Waals surface area contributed by atoms with Crippen LogP contribution in [0.5, 0.6) is 0 Å². The molecule has 2 atom stereocenters. The Hall–Kier alpha value is 0.270. The van der Waals surface area contributed by atoms with Gasteiger partial charge in [0.15, 0.2) is 0 Å². The highest BCUT2D eigenvalue weighted by atomic mass is 32.1. The minimum absolute atomic E-state index is 0.328. The van der Waals surface area contributed by atoms with Gasteiger partial charge in [0.2, 0.25) is 0 Å². The van der Waals surface area contributed by atoms with Gasteiger partial charge in [-0.05, 0) is 6.42 Å². The van der Waals surface area contributed by atoms with Crippen molar-refractivity contribution in [1.29, 1.82) is 0 Å². The van der Waals surface area contributed by atoms with E-state index in [1.807, 2.05) is 6.92 Å². The molecule has 0 spiro atoms. The fraction of sp³-hybridized carbons (Fsp3) is 1.00. The fourth-order valence-electron chi connectivity index (χ4n) is 0.394. The van der Waals surface area contributed by atoms with Gasteiger partial charge < -0.3 is 10.2 Å². The topological polar surface area (TPSA) is 40.5 Å². The molecule has 0 heterocycles. The second kappa shape index (κ2) is 4.18. The molecule has 2 nitrogen and oxygen atoms in total. The van der Waals surface area contributed by atoms with Gasteiger partial charge in [-0.2, -0.15) is 12.6 Å². The second-order valence-corrected chi connectivity index (χ2v) is 2.09. The van der Waals surface area contributed by atoms with Crippen LogP contribution >= 0.6 is 12.6 Å². The van der Waals surface area contributed by atoms with E-state index in [-0.39, 0.29) is 0 Å². The molecular formula is C5H12O2S. The predicted molar refractivity (Wildman–Crippen MR) is 36.2 cm³/mol. The summed E-state index contributed by atoms with van der Waals surface area (Å²) in [6, 6.07) is 0. The van der Waals surface area contributed by atoms with Crippen molar-refractivity contribution in [1.82, 2.24) is 0 Å². The molecule has 0 aliphatic rings. The van der Waals surface area contributed by atoms with Gasteiger partial charge in [0.1, 0.15) is 0 Å². The minimum Gasteiger partial charge on any atom is -0.390 e. The Bertz CT molecular complexity index is 50.4. The number of rotatable bonds is 3. The third-order valence-corrected chi connectivity index (χ3v) is 1.42. The Labute approximate surface area is 54.9 Å². The van der Waals surface area contributed by atoms with Crippen LogP contribution in [0.2, 0.25) is 0 Å². The Balaban J connectivity index is 3.29. The second-order valence-electron chi connectivity index (χ2n) is 1.73. The third kappa shape index (κ3) is 2.55. The molecule has 0 bridgehead atoms. The lowest BCUT2D eigenvalue weighted by atomic mass is 10.2. The van der Waals surface area contributed by atoms with Gasteiger partial charge in [-0.1, -0.05) is 6.92 Å². The fourth-order valence-corrected chi connectivity index (χ4v) is 0.637. The molecule has 0 aromatic carbocycles. The highest BCUT2D eigenvalue weighted by molar-refractivity contribution is 7.80. The molecule has 0 saturated carbocycles. The van der Waals surface area contributed by atoms with Crippen LogP contribution in [0.4, 0.5) is 0 Å². The molecule has 8 heavy (non-hydrogen) atoms. The third-order valence-electron chi connectivity index (χ3n) is 1.05. The van der Waals surface area contributed by atoms with E-state index in [1.165, 1.54) is 0 Å². The van der Waals surface area contributed by atoms with E-state index >= 15 is 0 Å². The van der Waals surface area contributed by atoms with Crippen LogP contribution in [-0.4, -0.2) is 28.2 Å². The molecule has 2 N–H and O–H groups in total. The van der Waals surface area contributed by atoms with Crippen LogP contribution in [0, 0.1) is 0 Å². The molecule has 1 unspecified atom stereocenters. The zero-order valence-corrected chi connectivity index (χ0v) is 5.80. The first kappa shape index (κ1) is 8.27. The van der Waals surface area contributed by atoms with Crippen molar-refractivity contribution in [2.75, 3.05) is 5.75 Å². The average molecular weight is 136 g/mol. The quantitative estimate of drug-likeness (QED) is 0.480. The molecular weight excluding hydrogens is 124 g/mol. The molecule has 0 rings (SSSR count). The first-order valence-electron chi connectivity index (χ1n) is 2.69. The smallest absolute Gasteiger partial charge is 0.0886 e. The summed E-state index contributed by atoms with van der Waals surface area (Å²) >= 11 is 3.80. The Morgan fingerprint density at radius 3 is 2.00 bits per heavy atom. The molecule has 0 aromatic heterocycles. The molecule has 3 heteroatoms. The van der Waals surface area contributed by atoms with E-state index in [1.54, 1.807) is 0 Å². The number of hydrogen-bond acceptors (Lipinski definition) is 3. The van der Waals surface area contributed by atoms with E-state index in [4.69, 9.17) is 10.2 Å². The predicted octanol–water partition coefficient (Wildman–Crippen LogP) is 0.0480. The Morgan fingerprint density at radius 1 is 1.38 bits per heavy atom. The first-order valence-corrected chi connectivity index (χ1v) is 3.32. The number of thiol groups is 1. The van der Waals surface area contributed by atoms with Gasteiger partial charge in [-0.15, -0.1) is 0 Å². The first-order chi connectivity index (χ1) is 3.72. The largest absolute Gasteiger partial charge is 0.390 e. The molecule has 0 saturated heterocycles. The zero-order valence-electron chi connectivity index (χ0n) is 4.91. The minimum atomic E-state index is -0.664. The van der Waals surface area contributed by atoms with Crippen molar-refractivity contribution in [2.45, 2.75) is 25.6 Å². The van der Waals surface area contributed by atoms with Gasteiger partial charge in [0, 0.05) is 5.75 Å². The average Bonchev–Trinajstić information content (AvgIpc) is 1.84. The van der Waals surface area contributed by atoms with Gasteiger partial charge in [0.25, 0.3) is 0 Å². The van der Waals surface area contributed by atoms with Crippen molar-refractivity contribution >= 4 is 12.6 Å². The highest BCUT2D eigenvalue weighted by Gasteiger charge is 2.10. The summed E-state index contributed by atoms with van der Waals surface area (Å²) in [7, 11) is 0. The van der Waals surface area contributed by atoms with E-state index < -0.39 is 12.2 Å². The Morgan fingerprint density at radius 2 is 1.88 bits per heavy atom. The maximum atomic E-state index is 8.83. The Kier molecular flexibility index (Phi) is 4.32. The van der Waals surface area contributed by atoms with Crippen molar-refractivity contribution in [2.24, 2.45) is 0 Å². The van der Waals surface area contributed by atoms with Gasteiger partial charge >= 0.3 is 0 Å². The van der Waals surface area contributed by atoms with Crippen molar-refractivity contribution in [3.63, 3.8) is 0 Å². The van der Waals surface area contributed by atoms with Crippen LogP contribution < -0.4 is 0 Å². The van der Waals surface area contributed by atoms with Crippen molar-refractivity contribution in [3.05, 3.63) is 0 Å². The molecule has 0 aliphatic carbocycles. The van der Waals surface area contributed by atoms with Crippen LogP contribution in [-0.2, 0) is 0 Å². The summed E-state index contributed by atoms with van der Waals surface area (Å²) in [5.74, 6) is 0.328. The SMILES string of the molecule is CC[C@H](O)C(O)CS. The van der Waals surface area contributed by atoms with Gasteiger partial charge in [-0.3, -0.25) is 0 Å². The summed E-state index contributed by atoms with van der Waals surface area (Å²) in [5, 5.41) is 17.6. The van der Waals surface area contributed by atoms with Gasteiger partial charge in [-0.25, -0.2) is 0 Å². The monoisotopic (exact) mass is 136 g/mol. The molecule has 0 aromatic rings. The van der Waals surface area contributed by atoms with Crippen molar-refractivity contribution in [3.8, 4) is 0 Å². The summed E-state index contributed by atoms with van der Waals surface area (Å²) in [6.45, 7) is 1.82. The van der Waals surface area contributed by atoms with Crippen LogP contribution in [0.3, 0.4) is 0 Å². The lowest BCUT2D eigenvalue weighted by Gasteiger charge is -2.11. The number of aliphatic hydroxyl groups excluding tert-OH is 2. The van der Waals surface area contributed by atoms with E-state index in [0.29, 0.717) is 12.2 Å². The molecule has 0 aliphatic heterocycles. The molecule has 0 radical (unpaired) electrons. The summed E-state index contributed by atoms with van der Waals surface area (Å²) in [4.78, 5) is 0. The zero-order chi connectivity index (χ0) is 6.57. The summed E-state index contributed by atoms with van der Waals surface area (Å²) < 4.78 is 0. The van der Waals surface area contributed by atoms with Crippen molar-refractivity contribution < 1.29 is 10.2 Å².